The van der Waals surface area contributed by atoms with Crippen LogP contribution in [0.25, 0.3) is 0 Å². The summed E-state index contributed by atoms with van der Waals surface area (Å²) >= 11 is 0. The number of amides is 1. The molecule has 1 aromatic carbocycles. The number of rotatable bonds is 1. The zero-order valence-electron chi connectivity index (χ0n) is 15.9. The Bertz CT molecular complexity index is 771. The fourth-order valence-corrected chi connectivity index (χ4v) is 4.69. The van der Waals surface area contributed by atoms with Gasteiger partial charge in [0.2, 0.25) is 5.91 Å². The van der Waals surface area contributed by atoms with Crippen molar-refractivity contribution in [2.75, 3.05) is 5.73 Å². The molecule has 4 nitrogen and oxygen atoms in total. The molecular formula is C21H29N3O. The van der Waals surface area contributed by atoms with Crippen LogP contribution in [-0.4, -0.2) is 21.9 Å². The Morgan fingerprint density at radius 3 is 2.28 bits per heavy atom. The minimum atomic E-state index is -0.405. The third-order valence-corrected chi connectivity index (χ3v) is 5.65. The summed E-state index contributed by atoms with van der Waals surface area (Å²) in [6.07, 6.45) is 5.63. The van der Waals surface area contributed by atoms with Crippen LogP contribution in [0.1, 0.15) is 53.0 Å². The van der Waals surface area contributed by atoms with Gasteiger partial charge in [-0.05, 0) is 63.0 Å². The number of nitrogens with two attached hydrogens (primary N) is 2. The van der Waals surface area contributed by atoms with Crippen LogP contribution in [0.4, 0.5) is 5.69 Å². The van der Waals surface area contributed by atoms with Crippen LogP contribution in [0.15, 0.2) is 47.7 Å². The van der Waals surface area contributed by atoms with E-state index in [1.807, 2.05) is 36.1 Å². The van der Waals surface area contributed by atoms with Crippen LogP contribution in [0.5, 0.6) is 0 Å². The molecular weight excluding hydrogens is 310 g/mol. The van der Waals surface area contributed by atoms with Gasteiger partial charge in [0, 0.05) is 34.8 Å². The number of hydrogen-bond donors (Lipinski definition) is 2. The summed E-state index contributed by atoms with van der Waals surface area (Å²) in [5, 5.41) is 0. The smallest absolute Gasteiger partial charge is 0.224 e. The van der Waals surface area contributed by atoms with E-state index in [1.54, 1.807) is 6.92 Å². The van der Waals surface area contributed by atoms with Crippen LogP contribution < -0.4 is 11.5 Å². The van der Waals surface area contributed by atoms with Gasteiger partial charge in [-0.2, -0.15) is 0 Å². The van der Waals surface area contributed by atoms with Gasteiger partial charge in [0.15, 0.2) is 0 Å². The molecule has 1 aliphatic carbocycles. The predicted molar refractivity (Wildman–Crippen MR) is 103 cm³/mol. The Morgan fingerprint density at radius 2 is 1.72 bits per heavy atom. The lowest BCUT2D eigenvalue weighted by Gasteiger charge is -2.54. The van der Waals surface area contributed by atoms with Crippen molar-refractivity contribution in [3.8, 4) is 0 Å². The van der Waals surface area contributed by atoms with Crippen LogP contribution >= 0.6 is 0 Å². The largest absolute Gasteiger partial charge is 0.399 e. The lowest BCUT2D eigenvalue weighted by Crippen LogP contribution is -2.56. The number of carbonyl (C=O) groups is 1. The monoisotopic (exact) mass is 339 g/mol. The summed E-state index contributed by atoms with van der Waals surface area (Å²) in [5.74, 6) is 0.0714. The minimum absolute atomic E-state index is 0.0714. The van der Waals surface area contributed by atoms with Gasteiger partial charge in [0.05, 0.1) is 0 Å². The Kier molecular flexibility index (Phi) is 3.88. The Balaban J connectivity index is 2.25. The first-order valence-corrected chi connectivity index (χ1v) is 8.85. The van der Waals surface area contributed by atoms with Gasteiger partial charge < -0.3 is 16.4 Å². The number of nitrogen functional groups attached to an aromatic ring is 1. The second-order valence-corrected chi connectivity index (χ2v) is 8.68. The lowest BCUT2D eigenvalue weighted by molar-refractivity contribution is -0.132. The molecule has 0 saturated heterocycles. The van der Waals surface area contributed by atoms with E-state index >= 15 is 0 Å². The number of carbonyl (C=O) groups excluding carboxylic acids is 1. The van der Waals surface area contributed by atoms with E-state index in [4.69, 9.17) is 11.5 Å². The molecule has 2 aliphatic rings. The van der Waals surface area contributed by atoms with Crippen molar-refractivity contribution in [1.29, 1.82) is 0 Å². The fraction of sp³-hybridized carbons (Fsp3) is 0.476. The summed E-state index contributed by atoms with van der Waals surface area (Å²) < 4.78 is 0. The maximum absolute atomic E-state index is 12.4. The topological polar surface area (TPSA) is 72.3 Å². The SMILES string of the molecule is CC(=O)N1C2=C(CC(C)(N)C=C2)C(C)(c2ccc(N)cc2)CC1(C)C. The zero-order chi connectivity index (χ0) is 18.6. The first-order chi connectivity index (χ1) is 11.5. The van der Waals surface area contributed by atoms with Gasteiger partial charge in [0.25, 0.3) is 0 Å². The minimum Gasteiger partial charge on any atom is -0.399 e. The predicted octanol–water partition coefficient (Wildman–Crippen LogP) is 3.49. The highest BCUT2D eigenvalue weighted by Gasteiger charge is 2.49. The van der Waals surface area contributed by atoms with Crippen LogP contribution in [0.3, 0.4) is 0 Å². The standard InChI is InChI=1S/C21H29N3O/c1-14(25)24-18-10-11-20(4,23)12-17(18)21(5,13-19(24,2)3)15-6-8-16(22)9-7-15/h6-11H,12-13,22-23H2,1-5H3. The van der Waals surface area contributed by atoms with Gasteiger partial charge in [-0.25, -0.2) is 0 Å². The quantitative estimate of drug-likeness (QED) is 0.769. The highest BCUT2D eigenvalue weighted by molar-refractivity contribution is 5.78. The van der Waals surface area contributed by atoms with E-state index in [0.29, 0.717) is 0 Å². The molecule has 2 unspecified atom stereocenters. The molecule has 0 saturated carbocycles. The van der Waals surface area contributed by atoms with Crippen molar-refractivity contribution >= 4 is 11.6 Å². The maximum atomic E-state index is 12.4. The van der Waals surface area contributed by atoms with Crippen molar-refractivity contribution in [3.05, 3.63) is 53.3 Å². The lowest BCUT2D eigenvalue weighted by atomic mass is 9.61. The number of nitrogens with zero attached hydrogens (tertiary/aromatic N) is 1. The van der Waals surface area contributed by atoms with E-state index in [2.05, 4.69) is 32.9 Å². The van der Waals surface area contributed by atoms with E-state index in [9.17, 15) is 4.79 Å². The second-order valence-electron chi connectivity index (χ2n) is 8.68. The van der Waals surface area contributed by atoms with Crippen molar-refractivity contribution in [2.45, 2.75) is 64.0 Å². The molecule has 0 fully saturated rings. The number of anilines is 1. The van der Waals surface area contributed by atoms with E-state index in [-0.39, 0.29) is 16.9 Å². The molecule has 2 atom stereocenters. The molecule has 0 radical (unpaired) electrons. The number of allylic oxidation sites excluding steroid dienone is 1. The number of hydrogen-bond acceptors (Lipinski definition) is 3. The van der Waals surface area contributed by atoms with Gasteiger partial charge in [0.1, 0.15) is 0 Å². The molecule has 134 valence electrons. The van der Waals surface area contributed by atoms with Crippen molar-refractivity contribution in [1.82, 2.24) is 4.90 Å². The molecule has 3 rings (SSSR count). The van der Waals surface area contributed by atoms with Gasteiger partial charge in [-0.15, -0.1) is 0 Å². The van der Waals surface area contributed by atoms with Crippen molar-refractivity contribution < 1.29 is 4.79 Å². The molecule has 4 N–H and O–H groups in total. The molecule has 1 aliphatic heterocycles. The van der Waals surface area contributed by atoms with Crippen LogP contribution in [0.2, 0.25) is 0 Å². The fourth-order valence-electron chi connectivity index (χ4n) is 4.69. The molecule has 0 bridgehead atoms. The first kappa shape index (κ1) is 17.7. The molecule has 25 heavy (non-hydrogen) atoms. The summed E-state index contributed by atoms with van der Waals surface area (Å²) in [6.45, 7) is 10.2. The summed E-state index contributed by atoms with van der Waals surface area (Å²) in [5.41, 5.74) is 15.7. The van der Waals surface area contributed by atoms with Crippen molar-refractivity contribution in [2.24, 2.45) is 5.73 Å². The molecule has 1 aromatic rings. The average molecular weight is 339 g/mol. The van der Waals surface area contributed by atoms with E-state index < -0.39 is 5.54 Å². The normalized spacial score (nSPS) is 31.0. The summed E-state index contributed by atoms with van der Waals surface area (Å²) in [4.78, 5) is 14.4. The average Bonchev–Trinajstić information content (AvgIpc) is 2.47. The highest BCUT2D eigenvalue weighted by Crippen LogP contribution is 2.51. The molecule has 1 heterocycles. The Morgan fingerprint density at radius 1 is 1.12 bits per heavy atom. The van der Waals surface area contributed by atoms with E-state index in [0.717, 1.165) is 24.2 Å². The van der Waals surface area contributed by atoms with Gasteiger partial charge >= 0.3 is 0 Å². The zero-order valence-corrected chi connectivity index (χ0v) is 15.9. The third-order valence-electron chi connectivity index (χ3n) is 5.65. The van der Waals surface area contributed by atoms with Gasteiger partial charge in [-0.3, -0.25) is 4.79 Å². The Hall–Kier alpha value is -2.07. The number of benzene rings is 1. The molecule has 0 spiro atoms. The van der Waals surface area contributed by atoms with Crippen molar-refractivity contribution in [3.63, 3.8) is 0 Å². The first-order valence-electron chi connectivity index (χ1n) is 8.85. The Labute approximate surface area is 150 Å². The third kappa shape index (κ3) is 2.89. The molecule has 0 aromatic heterocycles. The van der Waals surface area contributed by atoms with Crippen LogP contribution in [-0.2, 0) is 10.2 Å². The van der Waals surface area contributed by atoms with Gasteiger partial charge in [-0.1, -0.05) is 25.1 Å². The molecule has 1 amide bonds. The van der Waals surface area contributed by atoms with E-state index in [1.165, 1.54) is 11.1 Å². The summed E-state index contributed by atoms with van der Waals surface area (Å²) in [6, 6.07) is 8.11. The van der Waals surface area contributed by atoms with Crippen LogP contribution in [0, 0.1) is 0 Å². The second kappa shape index (κ2) is 5.46. The molecule has 4 heteroatoms. The maximum Gasteiger partial charge on any atom is 0.224 e. The highest BCUT2D eigenvalue weighted by atomic mass is 16.2. The summed E-state index contributed by atoms with van der Waals surface area (Å²) in [7, 11) is 0.